The molecule has 1 heterocycles. The smallest absolute Gasteiger partial charge is 0.0346 e. The van der Waals surface area contributed by atoms with Crippen molar-refractivity contribution < 1.29 is 0 Å². The zero-order valence-electron chi connectivity index (χ0n) is 11.0. The average Bonchev–Trinajstić information content (AvgIpc) is 2.85. The summed E-state index contributed by atoms with van der Waals surface area (Å²) >= 11 is 1.73. The van der Waals surface area contributed by atoms with Crippen molar-refractivity contribution in [3.8, 4) is 0 Å². The van der Waals surface area contributed by atoms with Gasteiger partial charge in [0.05, 0.1) is 0 Å². The van der Waals surface area contributed by atoms with E-state index in [0.717, 1.165) is 6.42 Å². The van der Waals surface area contributed by atoms with Crippen LogP contribution >= 0.6 is 11.3 Å². The van der Waals surface area contributed by atoms with Crippen LogP contribution in [0.3, 0.4) is 0 Å². The molecule has 3 aromatic rings. The van der Waals surface area contributed by atoms with Crippen LogP contribution in [0.15, 0.2) is 53.2 Å². The minimum absolute atomic E-state index is 0.0902. The van der Waals surface area contributed by atoms with Gasteiger partial charge in [0.25, 0.3) is 0 Å². The molecule has 3 rings (SSSR count). The molecule has 0 aliphatic rings. The predicted molar refractivity (Wildman–Crippen MR) is 83.6 cm³/mol. The molecule has 2 aromatic carbocycles. The van der Waals surface area contributed by atoms with E-state index >= 15 is 0 Å². The van der Waals surface area contributed by atoms with Gasteiger partial charge in [-0.2, -0.15) is 11.3 Å². The van der Waals surface area contributed by atoms with Gasteiger partial charge in [-0.3, -0.25) is 0 Å². The summed E-state index contributed by atoms with van der Waals surface area (Å²) in [5.74, 6) is 0. The van der Waals surface area contributed by atoms with Crippen molar-refractivity contribution in [2.45, 2.75) is 19.4 Å². The first-order chi connectivity index (χ1) is 9.24. The highest BCUT2D eigenvalue weighted by molar-refractivity contribution is 7.08. The maximum absolute atomic E-state index is 6.32. The molecule has 96 valence electrons. The number of benzene rings is 2. The van der Waals surface area contributed by atoms with Gasteiger partial charge in [0.15, 0.2) is 0 Å². The number of thiophene rings is 1. The van der Waals surface area contributed by atoms with Crippen molar-refractivity contribution in [2.24, 2.45) is 5.73 Å². The van der Waals surface area contributed by atoms with Crippen LogP contribution in [0.2, 0.25) is 0 Å². The molecule has 0 saturated carbocycles. The topological polar surface area (TPSA) is 26.0 Å². The molecule has 0 fully saturated rings. The van der Waals surface area contributed by atoms with Crippen LogP contribution in [0.4, 0.5) is 0 Å². The van der Waals surface area contributed by atoms with Crippen molar-refractivity contribution in [3.05, 3.63) is 69.9 Å². The second-order valence-corrected chi connectivity index (χ2v) is 5.75. The van der Waals surface area contributed by atoms with E-state index in [4.69, 9.17) is 5.73 Å². The Labute approximate surface area is 117 Å². The number of rotatable bonds is 3. The molecule has 19 heavy (non-hydrogen) atoms. The summed E-state index contributed by atoms with van der Waals surface area (Å²) in [4.78, 5) is 0. The van der Waals surface area contributed by atoms with E-state index < -0.39 is 0 Å². The van der Waals surface area contributed by atoms with Crippen molar-refractivity contribution in [3.63, 3.8) is 0 Å². The van der Waals surface area contributed by atoms with Gasteiger partial charge in [-0.05, 0) is 51.6 Å². The average molecular weight is 267 g/mol. The monoisotopic (exact) mass is 267 g/mol. The van der Waals surface area contributed by atoms with Crippen molar-refractivity contribution in [1.29, 1.82) is 0 Å². The van der Waals surface area contributed by atoms with Crippen LogP contribution in [0.25, 0.3) is 10.8 Å². The first-order valence-corrected chi connectivity index (χ1v) is 7.44. The minimum atomic E-state index is 0.0902. The Balaban J connectivity index is 1.87. The predicted octanol–water partition coefficient (Wildman–Crippen LogP) is 4.45. The number of hydrogen-bond acceptors (Lipinski definition) is 2. The number of aryl methyl sites for hydroxylation is 1. The van der Waals surface area contributed by atoms with Crippen molar-refractivity contribution in [2.75, 3.05) is 0 Å². The maximum atomic E-state index is 6.32. The molecule has 0 spiro atoms. The summed E-state index contributed by atoms with van der Waals surface area (Å²) in [5.41, 5.74) is 10.2. The third-order valence-electron chi connectivity index (χ3n) is 3.56. The first-order valence-electron chi connectivity index (χ1n) is 6.50. The van der Waals surface area contributed by atoms with Crippen molar-refractivity contribution >= 4 is 22.1 Å². The molecule has 0 aliphatic carbocycles. The largest absolute Gasteiger partial charge is 0.324 e. The molecular formula is C17H17NS. The molecule has 1 atom stereocenters. The van der Waals surface area contributed by atoms with Gasteiger partial charge in [0, 0.05) is 6.04 Å². The van der Waals surface area contributed by atoms with E-state index in [-0.39, 0.29) is 6.04 Å². The van der Waals surface area contributed by atoms with Crippen LogP contribution < -0.4 is 5.73 Å². The molecule has 1 aromatic heterocycles. The first kappa shape index (κ1) is 12.4. The lowest BCUT2D eigenvalue weighted by Crippen LogP contribution is -2.13. The van der Waals surface area contributed by atoms with E-state index in [1.807, 2.05) is 0 Å². The Bertz CT molecular complexity index is 699. The Morgan fingerprint density at radius 3 is 2.58 bits per heavy atom. The zero-order chi connectivity index (χ0) is 13.2. The van der Waals surface area contributed by atoms with E-state index in [2.05, 4.69) is 60.1 Å². The lowest BCUT2D eigenvalue weighted by atomic mass is 9.97. The minimum Gasteiger partial charge on any atom is -0.324 e. The molecule has 1 nitrogen and oxygen atoms in total. The molecular weight excluding hydrogens is 250 g/mol. The van der Waals surface area contributed by atoms with Crippen LogP contribution in [-0.4, -0.2) is 0 Å². The standard InChI is InChI=1S/C17H17NS/c1-12-10-19-11-16(12)17(18)9-13-6-7-14-4-2-3-5-15(14)8-13/h2-8,10-11,17H,9,18H2,1H3. The molecule has 1 unspecified atom stereocenters. The number of fused-ring (bicyclic) bond motifs is 1. The summed E-state index contributed by atoms with van der Waals surface area (Å²) in [7, 11) is 0. The van der Waals surface area contributed by atoms with Gasteiger partial charge in [0.2, 0.25) is 0 Å². The van der Waals surface area contributed by atoms with Gasteiger partial charge < -0.3 is 5.73 Å². The molecule has 2 heteroatoms. The molecule has 0 amide bonds. The van der Waals surface area contributed by atoms with Crippen molar-refractivity contribution in [1.82, 2.24) is 0 Å². The second-order valence-electron chi connectivity index (χ2n) is 5.00. The summed E-state index contributed by atoms with van der Waals surface area (Å²) < 4.78 is 0. The van der Waals surface area contributed by atoms with Crippen LogP contribution in [0.1, 0.15) is 22.7 Å². The van der Waals surface area contributed by atoms with Gasteiger partial charge in [0.1, 0.15) is 0 Å². The Hall–Kier alpha value is -1.64. The Morgan fingerprint density at radius 1 is 1.05 bits per heavy atom. The Morgan fingerprint density at radius 2 is 1.84 bits per heavy atom. The lowest BCUT2D eigenvalue weighted by molar-refractivity contribution is 0.721. The maximum Gasteiger partial charge on any atom is 0.0346 e. The fourth-order valence-corrected chi connectivity index (χ4v) is 3.40. The zero-order valence-corrected chi connectivity index (χ0v) is 11.8. The SMILES string of the molecule is Cc1cscc1C(N)Cc1ccc2ccccc2c1. The normalized spacial score (nSPS) is 12.7. The summed E-state index contributed by atoms with van der Waals surface area (Å²) in [6.07, 6.45) is 0.891. The molecule has 0 saturated heterocycles. The van der Waals surface area contributed by atoms with Crippen LogP contribution in [-0.2, 0) is 6.42 Å². The van der Waals surface area contributed by atoms with Gasteiger partial charge >= 0.3 is 0 Å². The number of nitrogens with two attached hydrogens (primary N) is 1. The van der Waals surface area contributed by atoms with Gasteiger partial charge in [-0.1, -0.05) is 42.5 Å². The third-order valence-corrected chi connectivity index (χ3v) is 4.44. The van der Waals surface area contributed by atoms with Crippen LogP contribution in [0.5, 0.6) is 0 Å². The number of hydrogen-bond donors (Lipinski definition) is 1. The third kappa shape index (κ3) is 2.55. The van der Waals surface area contributed by atoms with E-state index in [1.165, 1.54) is 27.5 Å². The summed E-state index contributed by atoms with van der Waals surface area (Å²) in [5, 5.41) is 6.90. The molecule has 0 bridgehead atoms. The molecule has 2 N–H and O–H groups in total. The van der Waals surface area contributed by atoms with E-state index in [1.54, 1.807) is 11.3 Å². The lowest BCUT2D eigenvalue weighted by Gasteiger charge is -2.12. The Kier molecular flexibility index (Phi) is 3.36. The van der Waals surface area contributed by atoms with Gasteiger partial charge in [-0.25, -0.2) is 0 Å². The highest BCUT2D eigenvalue weighted by Crippen LogP contribution is 2.24. The summed E-state index contributed by atoms with van der Waals surface area (Å²) in [6.45, 7) is 2.13. The quantitative estimate of drug-likeness (QED) is 0.745. The summed E-state index contributed by atoms with van der Waals surface area (Å²) in [6, 6.07) is 15.1. The molecule has 0 radical (unpaired) electrons. The van der Waals surface area contributed by atoms with E-state index in [9.17, 15) is 0 Å². The highest BCUT2D eigenvalue weighted by Gasteiger charge is 2.10. The second kappa shape index (κ2) is 5.16. The molecule has 0 aliphatic heterocycles. The van der Waals surface area contributed by atoms with Gasteiger partial charge in [-0.15, -0.1) is 0 Å². The van der Waals surface area contributed by atoms with Crippen LogP contribution in [0, 0.1) is 6.92 Å². The highest BCUT2D eigenvalue weighted by atomic mass is 32.1. The fourth-order valence-electron chi connectivity index (χ4n) is 2.48. The van der Waals surface area contributed by atoms with E-state index in [0.29, 0.717) is 0 Å². The fraction of sp³-hybridized carbons (Fsp3) is 0.176.